The molecule has 25 heavy (non-hydrogen) atoms. The molecule has 1 atom stereocenters. The zero-order valence-corrected chi connectivity index (χ0v) is 15.1. The molecule has 2 fully saturated rings. The monoisotopic (exact) mass is 350 g/mol. The predicted octanol–water partition coefficient (Wildman–Crippen LogP) is 2.30. The highest BCUT2D eigenvalue weighted by Crippen LogP contribution is 2.40. The van der Waals surface area contributed by atoms with Gasteiger partial charge in [-0.1, -0.05) is 0 Å². The number of ether oxygens (including phenoxy) is 2. The zero-order valence-electron chi connectivity index (χ0n) is 15.1. The maximum absolute atomic E-state index is 14.1. The lowest BCUT2D eigenvalue weighted by Gasteiger charge is -2.39. The first-order valence-electron chi connectivity index (χ1n) is 8.91. The van der Waals surface area contributed by atoms with Crippen molar-refractivity contribution in [3.8, 4) is 5.75 Å². The van der Waals surface area contributed by atoms with Crippen molar-refractivity contribution in [1.29, 1.82) is 0 Å². The zero-order chi connectivity index (χ0) is 17.9. The van der Waals surface area contributed by atoms with Crippen molar-refractivity contribution in [2.24, 2.45) is 5.41 Å². The van der Waals surface area contributed by atoms with E-state index in [1.165, 1.54) is 6.07 Å². The molecule has 5 nitrogen and oxygen atoms in total. The van der Waals surface area contributed by atoms with Crippen molar-refractivity contribution in [2.75, 3.05) is 47.0 Å². The summed E-state index contributed by atoms with van der Waals surface area (Å²) < 4.78 is 24.5. The van der Waals surface area contributed by atoms with Gasteiger partial charge in [0.05, 0.1) is 19.1 Å². The molecule has 1 amide bonds. The van der Waals surface area contributed by atoms with E-state index in [1.54, 1.807) is 26.4 Å². The van der Waals surface area contributed by atoms with Crippen molar-refractivity contribution >= 4 is 5.91 Å². The van der Waals surface area contributed by atoms with Gasteiger partial charge in [-0.25, -0.2) is 4.39 Å². The number of carbonyl (C=O) groups excluding carboxylic acids is 1. The van der Waals surface area contributed by atoms with E-state index in [-0.39, 0.29) is 17.1 Å². The van der Waals surface area contributed by atoms with E-state index in [0.29, 0.717) is 31.0 Å². The molecule has 0 aromatic heterocycles. The SMILES string of the molecule is COCCN1CCC2(CCCN(Cc3cc(OC)ccc3F)C2=O)C1. The van der Waals surface area contributed by atoms with Gasteiger partial charge in [0.15, 0.2) is 0 Å². The third kappa shape index (κ3) is 3.80. The first-order chi connectivity index (χ1) is 12.1. The molecular weight excluding hydrogens is 323 g/mol. The third-order valence-corrected chi connectivity index (χ3v) is 5.48. The molecule has 2 aliphatic rings. The molecule has 2 saturated heterocycles. The minimum absolute atomic E-state index is 0.167. The minimum Gasteiger partial charge on any atom is -0.497 e. The molecule has 138 valence electrons. The van der Waals surface area contributed by atoms with E-state index >= 15 is 0 Å². The van der Waals surface area contributed by atoms with E-state index in [2.05, 4.69) is 4.90 Å². The van der Waals surface area contributed by atoms with Gasteiger partial charge in [0.25, 0.3) is 0 Å². The molecule has 1 aromatic rings. The van der Waals surface area contributed by atoms with Crippen LogP contribution in [0.5, 0.6) is 5.75 Å². The number of likely N-dealkylation sites (tertiary alicyclic amines) is 2. The maximum atomic E-state index is 14.1. The number of benzene rings is 1. The molecule has 2 aliphatic heterocycles. The number of rotatable bonds is 6. The second-order valence-corrected chi connectivity index (χ2v) is 7.09. The number of piperidine rings is 1. The Labute approximate surface area is 148 Å². The van der Waals surface area contributed by atoms with Gasteiger partial charge in [-0.15, -0.1) is 0 Å². The van der Waals surface area contributed by atoms with Gasteiger partial charge in [0.2, 0.25) is 5.91 Å². The fourth-order valence-electron chi connectivity index (χ4n) is 4.06. The molecule has 0 N–H and O–H groups in total. The maximum Gasteiger partial charge on any atom is 0.230 e. The van der Waals surface area contributed by atoms with Gasteiger partial charge >= 0.3 is 0 Å². The van der Waals surface area contributed by atoms with Crippen LogP contribution in [0.2, 0.25) is 0 Å². The van der Waals surface area contributed by atoms with E-state index in [4.69, 9.17) is 9.47 Å². The minimum atomic E-state index is -0.304. The van der Waals surface area contributed by atoms with Gasteiger partial charge < -0.3 is 14.4 Å². The molecular formula is C19H27FN2O3. The molecule has 6 heteroatoms. The van der Waals surface area contributed by atoms with Crippen LogP contribution in [-0.2, 0) is 16.1 Å². The van der Waals surface area contributed by atoms with Crippen LogP contribution in [0.1, 0.15) is 24.8 Å². The second kappa shape index (κ2) is 7.70. The average molecular weight is 350 g/mol. The second-order valence-electron chi connectivity index (χ2n) is 7.09. The van der Waals surface area contributed by atoms with Crippen LogP contribution in [0.4, 0.5) is 4.39 Å². The standard InChI is InChI=1S/C19H27FN2O3/c1-24-11-10-21-9-7-19(14-21)6-3-8-22(18(19)23)13-15-12-16(25-2)4-5-17(15)20/h4-5,12H,3,6-11,13-14H2,1-2H3. The third-order valence-electron chi connectivity index (χ3n) is 5.48. The molecule has 0 bridgehead atoms. The Morgan fingerprint density at radius 2 is 2.08 bits per heavy atom. The summed E-state index contributed by atoms with van der Waals surface area (Å²) in [7, 11) is 3.26. The first-order valence-corrected chi connectivity index (χ1v) is 8.91. The summed E-state index contributed by atoms with van der Waals surface area (Å²) in [4.78, 5) is 17.3. The van der Waals surface area contributed by atoms with Crippen LogP contribution in [0.15, 0.2) is 18.2 Å². The van der Waals surface area contributed by atoms with E-state index in [0.717, 1.165) is 38.9 Å². The summed E-state index contributed by atoms with van der Waals surface area (Å²) in [6.45, 7) is 4.25. The molecule has 0 aliphatic carbocycles. The summed E-state index contributed by atoms with van der Waals surface area (Å²) in [5.41, 5.74) is 0.209. The summed E-state index contributed by atoms with van der Waals surface area (Å²) in [6.07, 6.45) is 2.77. The highest BCUT2D eigenvalue weighted by Gasteiger charge is 2.48. The number of hydrogen-bond acceptors (Lipinski definition) is 4. The number of carbonyl (C=O) groups is 1. The van der Waals surface area contributed by atoms with Gasteiger partial charge in [0, 0.05) is 38.9 Å². The Balaban J connectivity index is 1.71. The smallest absolute Gasteiger partial charge is 0.230 e. The van der Waals surface area contributed by atoms with Crippen LogP contribution in [0, 0.1) is 11.2 Å². The predicted molar refractivity (Wildman–Crippen MR) is 93.0 cm³/mol. The van der Waals surface area contributed by atoms with Crippen LogP contribution in [0.25, 0.3) is 0 Å². The Morgan fingerprint density at radius 3 is 2.84 bits per heavy atom. The lowest BCUT2D eigenvalue weighted by molar-refractivity contribution is -0.146. The summed E-state index contributed by atoms with van der Waals surface area (Å²) in [5, 5.41) is 0. The Morgan fingerprint density at radius 1 is 1.24 bits per heavy atom. The lowest BCUT2D eigenvalue weighted by atomic mass is 9.78. The van der Waals surface area contributed by atoms with Crippen LogP contribution in [0.3, 0.4) is 0 Å². The van der Waals surface area contributed by atoms with Crippen molar-refractivity contribution in [3.63, 3.8) is 0 Å². The Hall–Kier alpha value is -1.66. The van der Waals surface area contributed by atoms with Gasteiger partial charge in [-0.2, -0.15) is 0 Å². The van der Waals surface area contributed by atoms with Crippen LogP contribution in [-0.4, -0.2) is 62.7 Å². The van der Waals surface area contributed by atoms with E-state index in [1.807, 2.05) is 4.90 Å². The summed E-state index contributed by atoms with van der Waals surface area (Å²) in [6, 6.07) is 4.69. The molecule has 0 saturated carbocycles. The Kier molecular flexibility index (Phi) is 5.59. The van der Waals surface area contributed by atoms with Crippen LogP contribution < -0.4 is 4.74 Å². The highest BCUT2D eigenvalue weighted by molar-refractivity contribution is 5.84. The number of methoxy groups -OCH3 is 2. The van der Waals surface area contributed by atoms with E-state index in [9.17, 15) is 9.18 Å². The molecule has 0 radical (unpaired) electrons. The molecule has 3 rings (SSSR count). The summed E-state index contributed by atoms with van der Waals surface area (Å²) in [5.74, 6) is 0.490. The van der Waals surface area contributed by atoms with E-state index < -0.39 is 0 Å². The van der Waals surface area contributed by atoms with Crippen molar-refractivity contribution in [3.05, 3.63) is 29.6 Å². The average Bonchev–Trinajstić information content (AvgIpc) is 3.03. The van der Waals surface area contributed by atoms with Gasteiger partial charge in [-0.05, 0) is 44.0 Å². The normalized spacial score (nSPS) is 24.3. The number of halogens is 1. The number of nitrogens with zero attached hydrogens (tertiary/aromatic N) is 2. The number of hydrogen-bond donors (Lipinski definition) is 0. The molecule has 1 aromatic carbocycles. The topological polar surface area (TPSA) is 42.0 Å². The molecule has 1 spiro atoms. The fraction of sp³-hybridized carbons (Fsp3) is 0.632. The van der Waals surface area contributed by atoms with Crippen molar-refractivity contribution in [1.82, 2.24) is 9.80 Å². The largest absolute Gasteiger partial charge is 0.497 e. The molecule has 1 unspecified atom stereocenters. The first kappa shape index (κ1) is 18.1. The Bertz CT molecular complexity index is 625. The van der Waals surface area contributed by atoms with Crippen molar-refractivity contribution in [2.45, 2.75) is 25.8 Å². The van der Waals surface area contributed by atoms with Crippen LogP contribution >= 0.6 is 0 Å². The summed E-state index contributed by atoms with van der Waals surface area (Å²) >= 11 is 0. The number of amides is 1. The quantitative estimate of drug-likeness (QED) is 0.789. The van der Waals surface area contributed by atoms with Crippen molar-refractivity contribution < 1.29 is 18.7 Å². The lowest BCUT2D eigenvalue weighted by Crippen LogP contribution is -2.49. The fourth-order valence-corrected chi connectivity index (χ4v) is 4.06. The highest BCUT2D eigenvalue weighted by atomic mass is 19.1. The molecule has 2 heterocycles. The van der Waals surface area contributed by atoms with Gasteiger partial charge in [-0.3, -0.25) is 9.69 Å². The van der Waals surface area contributed by atoms with Gasteiger partial charge in [0.1, 0.15) is 11.6 Å².